The Balaban J connectivity index is 2.20. The molecule has 276 valence electrons. The number of aryl methyl sites for hydroxylation is 4. The summed E-state index contributed by atoms with van der Waals surface area (Å²) in [5.74, 6) is 3.77. The largest absolute Gasteiger partial charge is 0.354 e. The lowest BCUT2D eigenvalue weighted by atomic mass is 9.94. The van der Waals surface area contributed by atoms with Gasteiger partial charge in [0.15, 0.2) is 0 Å². The molecule has 0 unspecified atom stereocenters. The molecule has 5 rings (SSSR count). The summed E-state index contributed by atoms with van der Waals surface area (Å²) in [6.07, 6.45) is 9.90. The van der Waals surface area contributed by atoms with Crippen LogP contribution in [-0.4, -0.2) is 36.1 Å². The van der Waals surface area contributed by atoms with E-state index >= 15 is 0 Å². The van der Waals surface area contributed by atoms with E-state index in [2.05, 4.69) is 140 Å². The molecule has 0 aromatic carbocycles. The molecule has 52 heavy (non-hydrogen) atoms. The number of H-pyrrole nitrogens is 2. The molecule has 3 aromatic rings. The number of aromatic amines is 2. The monoisotopic (exact) mass is 728 g/mol. The van der Waals surface area contributed by atoms with Crippen molar-refractivity contribution in [1.29, 1.82) is 0 Å². The van der Waals surface area contributed by atoms with Crippen LogP contribution in [0.5, 0.6) is 0 Å². The molecule has 8 bridgehead atoms. The molecule has 0 atom stereocenters. The van der Waals surface area contributed by atoms with E-state index in [0.29, 0.717) is 0 Å². The molecule has 0 saturated carbocycles. The Kier molecular flexibility index (Phi) is 12.0. The first kappa shape index (κ1) is 39.5. The van der Waals surface area contributed by atoms with Gasteiger partial charge in [0.25, 0.3) is 0 Å². The second-order valence-corrected chi connectivity index (χ2v) is 26.3. The van der Waals surface area contributed by atoms with Crippen molar-refractivity contribution < 1.29 is 0 Å². The molecule has 0 radical (unpaired) electrons. The predicted molar refractivity (Wildman–Crippen MR) is 236 cm³/mol. The fourth-order valence-corrected chi connectivity index (χ4v) is 9.35. The van der Waals surface area contributed by atoms with Crippen LogP contribution in [0.15, 0.2) is 17.8 Å². The molecule has 0 spiro atoms. The maximum atomic E-state index is 5.58. The van der Waals surface area contributed by atoms with Gasteiger partial charge in [0.2, 0.25) is 0 Å². The van der Waals surface area contributed by atoms with Crippen molar-refractivity contribution in [3.63, 3.8) is 0 Å². The average Bonchev–Trinajstić information content (AvgIpc) is 3.83. The Labute approximate surface area is 316 Å². The van der Waals surface area contributed by atoms with Gasteiger partial charge in [-0.3, -0.25) is 0 Å². The third-order valence-electron chi connectivity index (χ3n) is 10.6. The number of rotatable bonds is 10. The number of hydrogen-bond donors (Lipinski definition) is 2. The summed E-state index contributed by atoms with van der Waals surface area (Å²) in [4.78, 5) is 19.2. The van der Waals surface area contributed by atoms with E-state index in [1.807, 2.05) is 0 Å². The van der Waals surface area contributed by atoms with Gasteiger partial charge in [-0.25, -0.2) is 9.97 Å². The van der Waals surface area contributed by atoms with Gasteiger partial charge in [-0.15, -0.1) is 5.54 Å². The molecular formula is C46H64N4Si2. The van der Waals surface area contributed by atoms with Crippen LogP contribution in [0.25, 0.3) is 50.4 Å². The van der Waals surface area contributed by atoms with E-state index in [0.717, 1.165) is 79.7 Å². The van der Waals surface area contributed by atoms with Crippen LogP contribution in [0, 0.1) is 11.5 Å². The second-order valence-electron chi connectivity index (χ2n) is 16.5. The van der Waals surface area contributed by atoms with Crippen LogP contribution in [0.3, 0.4) is 0 Å². The number of fused-ring (bicyclic) bond motifs is 8. The van der Waals surface area contributed by atoms with Gasteiger partial charge in [0, 0.05) is 16.6 Å². The van der Waals surface area contributed by atoms with Crippen LogP contribution in [0.4, 0.5) is 0 Å². The lowest BCUT2D eigenvalue weighted by Gasteiger charge is -2.09. The van der Waals surface area contributed by atoms with Crippen LogP contribution < -0.4 is 0 Å². The van der Waals surface area contributed by atoms with Gasteiger partial charge in [0.05, 0.1) is 47.4 Å². The normalized spacial score (nSPS) is 13.8. The Hall–Kier alpha value is -3.67. The van der Waals surface area contributed by atoms with Crippen LogP contribution in [0.1, 0.15) is 137 Å². The second kappa shape index (κ2) is 15.7. The summed E-state index contributed by atoms with van der Waals surface area (Å²) in [6.45, 7) is 32.6. The highest BCUT2D eigenvalue weighted by molar-refractivity contribution is 6.84. The SMILES string of the molecule is CCC1=C(CC)c2nc1cc1[nH]c(c(CC)c1CC)c(/C=C/[Si](C)(C)C)c1[nH]c(cc3nc(c2C#C[Si](C)(C)C)C(CC)=C3CC)c(CC)c1CC. The molecule has 3 aromatic heterocycles. The minimum atomic E-state index is -1.71. The summed E-state index contributed by atoms with van der Waals surface area (Å²) >= 11 is 0. The highest BCUT2D eigenvalue weighted by Gasteiger charge is 2.27. The average molecular weight is 729 g/mol. The molecule has 6 heteroatoms. The van der Waals surface area contributed by atoms with Gasteiger partial charge < -0.3 is 9.97 Å². The quantitative estimate of drug-likeness (QED) is 0.161. The van der Waals surface area contributed by atoms with E-state index in [9.17, 15) is 0 Å². The third-order valence-corrected chi connectivity index (χ3v) is 12.6. The third kappa shape index (κ3) is 7.55. The van der Waals surface area contributed by atoms with Crippen molar-refractivity contribution in [2.45, 2.75) is 146 Å². The van der Waals surface area contributed by atoms with Crippen molar-refractivity contribution in [1.82, 2.24) is 19.9 Å². The Bertz CT molecular complexity index is 2070. The lowest BCUT2D eigenvalue weighted by molar-refractivity contribution is 1.07. The number of hydrogen-bond acceptors (Lipinski definition) is 2. The predicted octanol–water partition coefficient (Wildman–Crippen LogP) is 13.1. The first-order valence-corrected chi connectivity index (χ1v) is 27.3. The van der Waals surface area contributed by atoms with Gasteiger partial charge >= 0.3 is 0 Å². The molecule has 4 nitrogen and oxygen atoms in total. The summed E-state index contributed by atoms with van der Waals surface area (Å²) in [5, 5.41) is 0. The van der Waals surface area contributed by atoms with Gasteiger partial charge in [0.1, 0.15) is 8.07 Å². The van der Waals surface area contributed by atoms with E-state index in [4.69, 9.17) is 9.97 Å². The van der Waals surface area contributed by atoms with E-state index in [1.165, 1.54) is 72.2 Å². The molecule has 0 aliphatic carbocycles. The smallest absolute Gasteiger partial charge is 0.129 e. The van der Waals surface area contributed by atoms with E-state index in [1.54, 1.807) is 0 Å². The fraction of sp³-hybridized carbons (Fsp3) is 0.478. The number of nitrogens with zero attached hydrogens (tertiary/aromatic N) is 2. The number of allylic oxidation sites excluding steroid dienone is 4. The van der Waals surface area contributed by atoms with Crippen molar-refractivity contribution in [2.24, 2.45) is 0 Å². The van der Waals surface area contributed by atoms with Crippen molar-refractivity contribution >= 4 is 66.6 Å². The number of nitrogens with one attached hydrogen (secondary N) is 2. The Morgan fingerprint density at radius 1 is 0.558 bits per heavy atom. The topological polar surface area (TPSA) is 57.4 Å². The minimum absolute atomic E-state index is 0.903. The Morgan fingerprint density at radius 3 is 1.29 bits per heavy atom. The summed E-state index contributed by atoms with van der Waals surface area (Å²) in [5.41, 5.74) is 28.4. The van der Waals surface area contributed by atoms with Crippen molar-refractivity contribution in [2.75, 3.05) is 0 Å². The standard InChI is InChI=1S/C46H64N4Si2/c1-15-29-33(19-5)43-37(23-25-51(9,10)11)44-35(21-7)31(17-3)41(49-44)28-42-32(18-4)36(22-8)46(50-42)38(24-26-52(12,13)14)45-34(20-6)30(16-2)40(48-45)27-39(29)47-43/h23,25,27-28,47,49H,15-22H2,1-14H3/b25-23+,39-27?,40-27?,41-28?,42-28?,43-37?,44-37?,45-38?,46-38?. The molecule has 2 N–H and O–H groups in total. The van der Waals surface area contributed by atoms with Crippen LogP contribution >= 0.6 is 0 Å². The fourth-order valence-electron chi connectivity index (χ4n) is 8.18. The molecule has 2 aliphatic rings. The molecule has 2 aliphatic heterocycles. The summed E-state index contributed by atoms with van der Waals surface area (Å²) in [6, 6.07) is 4.71. The van der Waals surface area contributed by atoms with Crippen molar-refractivity contribution in [3.05, 3.63) is 74.0 Å². The zero-order chi connectivity index (χ0) is 38.1. The first-order valence-electron chi connectivity index (χ1n) is 20.2. The summed E-state index contributed by atoms with van der Waals surface area (Å²) in [7, 11) is -3.24. The maximum Gasteiger partial charge on any atom is 0.129 e. The number of aromatic nitrogens is 4. The lowest BCUT2D eigenvalue weighted by Crippen LogP contribution is -2.16. The summed E-state index contributed by atoms with van der Waals surface area (Å²) < 4.78 is 0. The molecule has 0 saturated heterocycles. The molecule has 5 heterocycles. The highest BCUT2D eigenvalue weighted by atomic mass is 28.3. The van der Waals surface area contributed by atoms with Gasteiger partial charge in [-0.05, 0) is 108 Å². The highest BCUT2D eigenvalue weighted by Crippen LogP contribution is 2.42. The van der Waals surface area contributed by atoms with Crippen LogP contribution in [0.2, 0.25) is 39.3 Å². The van der Waals surface area contributed by atoms with E-state index in [-0.39, 0.29) is 0 Å². The molecule has 0 fully saturated rings. The van der Waals surface area contributed by atoms with Crippen LogP contribution in [-0.2, 0) is 25.7 Å². The van der Waals surface area contributed by atoms with Gasteiger partial charge in [-0.2, -0.15) is 0 Å². The molecular weight excluding hydrogens is 665 g/mol. The first-order chi connectivity index (χ1) is 24.7. The zero-order valence-electron chi connectivity index (χ0n) is 34.9. The zero-order valence-corrected chi connectivity index (χ0v) is 36.9. The van der Waals surface area contributed by atoms with Gasteiger partial charge in [-0.1, -0.05) is 112 Å². The van der Waals surface area contributed by atoms with Crippen molar-refractivity contribution in [3.8, 4) is 11.5 Å². The Morgan fingerprint density at radius 2 is 0.962 bits per heavy atom. The maximum absolute atomic E-state index is 5.58. The molecule has 0 amide bonds. The van der Waals surface area contributed by atoms with E-state index < -0.39 is 16.1 Å². The minimum Gasteiger partial charge on any atom is -0.354 e.